The third kappa shape index (κ3) is 9.73. The molecule has 14 nitrogen and oxygen atoms in total. The van der Waals surface area contributed by atoms with E-state index in [-0.39, 0.29) is 29.8 Å². The van der Waals surface area contributed by atoms with Crippen molar-refractivity contribution in [3.63, 3.8) is 0 Å². The van der Waals surface area contributed by atoms with Crippen molar-refractivity contribution < 1.29 is 32.0 Å². The molecule has 2 aliphatic heterocycles. The summed E-state index contributed by atoms with van der Waals surface area (Å²) in [4.78, 5) is 36.5. The number of carbonyl (C=O) groups is 1. The highest BCUT2D eigenvalue weighted by Gasteiger charge is 2.31. The summed E-state index contributed by atoms with van der Waals surface area (Å²) >= 11 is 6.22. The van der Waals surface area contributed by atoms with Gasteiger partial charge in [-0.25, -0.2) is 22.5 Å². The maximum atomic E-state index is 15.5. The molecule has 3 aliphatic rings. The summed E-state index contributed by atoms with van der Waals surface area (Å²) in [6.45, 7) is 8.82. The first kappa shape index (κ1) is 43.1. The second-order valence-corrected chi connectivity index (χ2v) is 18.6. The topological polar surface area (TPSA) is 172 Å². The van der Waals surface area contributed by atoms with Crippen molar-refractivity contribution in [3.05, 3.63) is 117 Å². The van der Waals surface area contributed by atoms with Crippen LogP contribution in [0.5, 0.6) is 11.5 Å². The Morgan fingerprint density at radius 2 is 1.85 bits per heavy atom. The Balaban J connectivity index is 1.03. The molecule has 8 rings (SSSR count). The minimum absolute atomic E-state index is 0.0564. The van der Waals surface area contributed by atoms with E-state index < -0.39 is 42.9 Å². The van der Waals surface area contributed by atoms with Gasteiger partial charge in [0.2, 0.25) is 0 Å². The fraction of sp³-hybridized carbons (Fsp3) is 0.378. The van der Waals surface area contributed by atoms with Crippen molar-refractivity contribution in [2.45, 2.75) is 56.9 Å². The van der Waals surface area contributed by atoms with E-state index in [1.807, 2.05) is 22.9 Å². The van der Waals surface area contributed by atoms with Gasteiger partial charge < -0.3 is 24.7 Å². The van der Waals surface area contributed by atoms with Gasteiger partial charge in [-0.05, 0) is 104 Å². The van der Waals surface area contributed by atoms with Gasteiger partial charge in [-0.3, -0.25) is 19.8 Å². The van der Waals surface area contributed by atoms with E-state index in [1.165, 1.54) is 29.0 Å². The van der Waals surface area contributed by atoms with Gasteiger partial charge >= 0.3 is 0 Å². The Bertz CT molecular complexity index is 2620. The van der Waals surface area contributed by atoms with Gasteiger partial charge in [-0.15, -0.1) is 0 Å². The summed E-state index contributed by atoms with van der Waals surface area (Å²) in [5.41, 5.74) is 4.14. The number of ether oxygens (including phenoxy) is 2. The normalized spacial score (nSPS) is 19.1. The van der Waals surface area contributed by atoms with E-state index in [1.54, 1.807) is 24.4 Å². The predicted molar refractivity (Wildman–Crippen MR) is 237 cm³/mol. The van der Waals surface area contributed by atoms with Crippen LogP contribution in [0.25, 0.3) is 16.6 Å². The number of hydrogen-bond acceptors (Lipinski definition) is 11. The number of sulfonamides is 1. The minimum Gasteiger partial charge on any atom is -0.455 e. The van der Waals surface area contributed by atoms with Crippen LogP contribution in [0.1, 0.15) is 61.9 Å². The summed E-state index contributed by atoms with van der Waals surface area (Å²) in [5, 5.41) is 16.3. The average molecular weight is 886 g/mol. The second kappa shape index (κ2) is 18.4. The van der Waals surface area contributed by atoms with Gasteiger partial charge in [-0.2, -0.15) is 0 Å². The zero-order valence-electron chi connectivity index (χ0n) is 34.5. The molecule has 0 saturated carbocycles. The number of allylic oxidation sites excluding steroid dienone is 1. The van der Waals surface area contributed by atoms with Gasteiger partial charge in [0, 0.05) is 86.4 Å². The number of nitro groups is 1. The standard InChI is InChI=1S/C45H49ClFN7O7S/c1-28-3-4-33(39(19-28)31-5-7-34(46)8-6-31)27-52-15-16-53(26-29(52)2)35-9-10-38(42(21-35)61-36-20-32-11-14-48-44(32)50-25-36)45(55)51-62(58,59)37-22-40(47)43(41(23-37)54(56)57)49-24-30-12-17-60-18-13-30/h5-11,14,20-23,25,28-30,49H,3-4,12-13,15-19,24,26-27H2,1-2H3,(H,48,50)(H,51,55)/t28-,29-/m1/s1. The van der Waals surface area contributed by atoms with E-state index in [9.17, 15) is 23.3 Å². The molecular weight excluding hydrogens is 837 g/mol. The monoisotopic (exact) mass is 885 g/mol. The molecule has 0 spiro atoms. The number of fused-ring (bicyclic) bond motifs is 1. The molecule has 326 valence electrons. The fourth-order valence-corrected chi connectivity index (χ4v) is 9.70. The van der Waals surface area contributed by atoms with Gasteiger partial charge in [0.25, 0.3) is 21.6 Å². The Kier molecular flexibility index (Phi) is 12.8. The van der Waals surface area contributed by atoms with Crippen molar-refractivity contribution in [1.82, 2.24) is 19.6 Å². The molecule has 2 saturated heterocycles. The molecule has 2 fully saturated rings. The number of aromatic amines is 1. The highest BCUT2D eigenvalue weighted by Crippen LogP contribution is 2.38. The first-order chi connectivity index (χ1) is 29.8. The van der Waals surface area contributed by atoms with Crippen LogP contribution in [0, 0.1) is 27.8 Å². The molecule has 1 aliphatic carbocycles. The van der Waals surface area contributed by atoms with Gasteiger partial charge in [-0.1, -0.05) is 36.2 Å². The number of carbonyl (C=O) groups excluding carboxylic acids is 1. The Hall–Kier alpha value is -5.55. The SMILES string of the molecule is C[C@@H]1CCC(CN2CCN(c3ccc(C(=O)NS(=O)(=O)c4cc(F)c(NCC5CCOCC5)c([N+](=O)[O-])c4)c(Oc4cnc5[nH]ccc5c4)c3)C[C@H]2C)=C(c2ccc(Cl)cc2)C1. The number of rotatable bonds is 13. The van der Waals surface area contributed by atoms with Gasteiger partial charge in [0.1, 0.15) is 22.8 Å². The third-order valence-electron chi connectivity index (χ3n) is 12.1. The maximum Gasteiger partial charge on any atom is 0.296 e. The number of hydrogen-bond donors (Lipinski definition) is 3. The molecule has 3 N–H and O–H groups in total. The number of aromatic nitrogens is 2. The smallest absolute Gasteiger partial charge is 0.296 e. The second-order valence-electron chi connectivity index (χ2n) is 16.5. The summed E-state index contributed by atoms with van der Waals surface area (Å²) in [5.74, 6) is -1.15. The van der Waals surface area contributed by atoms with Crippen LogP contribution in [0.15, 0.2) is 89.6 Å². The highest BCUT2D eigenvalue weighted by atomic mass is 35.5. The van der Waals surface area contributed by atoms with Crippen LogP contribution in [-0.4, -0.2) is 86.1 Å². The molecule has 2 atom stereocenters. The number of nitrogens with one attached hydrogen (secondary N) is 3. The number of halogens is 2. The maximum absolute atomic E-state index is 15.5. The van der Waals surface area contributed by atoms with Gasteiger partial charge in [0.15, 0.2) is 5.82 Å². The number of piperazine rings is 1. The number of nitrogens with zero attached hydrogens (tertiary/aromatic N) is 4. The number of amides is 1. The lowest BCUT2D eigenvalue weighted by Gasteiger charge is -2.42. The van der Waals surface area contributed by atoms with Crippen LogP contribution in [-0.2, 0) is 14.8 Å². The largest absolute Gasteiger partial charge is 0.455 e. The van der Waals surface area contributed by atoms with Crippen LogP contribution in [0.2, 0.25) is 5.02 Å². The Morgan fingerprint density at radius 3 is 2.61 bits per heavy atom. The van der Waals surface area contributed by atoms with Crippen molar-refractivity contribution >= 4 is 61.2 Å². The van der Waals surface area contributed by atoms with E-state index in [0.29, 0.717) is 62.5 Å². The molecule has 17 heteroatoms. The van der Waals surface area contributed by atoms with Crippen LogP contribution in [0.4, 0.5) is 21.5 Å². The Morgan fingerprint density at radius 1 is 1.06 bits per heavy atom. The zero-order valence-corrected chi connectivity index (χ0v) is 36.1. The first-order valence-electron chi connectivity index (χ1n) is 20.9. The van der Waals surface area contributed by atoms with E-state index in [4.69, 9.17) is 21.1 Å². The number of pyridine rings is 1. The highest BCUT2D eigenvalue weighted by molar-refractivity contribution is 7.90. The first-order valence-corrected chi connectivity index (χ1v) is 22.7. The molecule has 4 heterocycles. The molecule has 2 aromatic heterocycles. The van der Waals surface area contributed by atoms with Crippen molar-refractivity contribution in [3.8, 4) is 11.5 Å². The van der Waals surface area contributed by atoms with Gasteiger partial charge in [0.05, 0.1) is 21.6 Å². The van der Waals surface area contributed by atoms with E-state index in [0.717, 1.165) is 54.5 Å². The molecule has 3 aromatic carbocycles. The average Bonchev–Trinajstić information content (AvgIpc) is 3.73. The van der Waals surface area contributed by atoms with Crippen molar-refractivity contribution in [1.29, 1.82) is 0 Å². The molecule has 0 bridgehead atoms. The third-order valence-corrected chi connectivity index (χ3v) is 13.7. The Labute approximate surface area is 364 Å². The lowest BCUT2D eigenvalue weighted by molar-refractivity contribution is -0.384. The van der Waals surface area contributed by atoms with E-state index >= 15 is 4.39 Å². The number of nitro benzene ring substituents is 1. The lowest BCUT2D eigenvalue weighted by atomic mass is 9.81. The molecule has 0 radical (unpaired) electrons. The minimum atomic E-state index is -4.82. The number of anilines is 2. The summed E-state index contributed by atoms with van der Waals surface area (Å²) in [6.07, 6.45) is 7.84. The molecule has 5 aromatic rings. The lowest BCUT2D eigenvalue weighted by Crippen LogP contribution is -2.52. The quantitative estimate of drug-likeness (QED) is 0.0762. The summed E-state index contributed by atoms with van der Waals surface area (Å²) in [7, 11) is -4.82. The summed E-state index contributed by atoms with van der Waals surface area (Å²) < 4.78 is 56.5. The molecule has 0 unspecified atom stereocenters. The zero-order chi connectivity index (χ0) is 43.5. The summed E-state index contributed by atoms with van der Waals surface area (Å²) in [6, 6.07) is 18.2. The molecule has 1 amide bonds. The van der Waals surface area contributed by atoms with Crippen molar-refractivity contribution in [2.24, 2.45) is 11.8 Å². The fourth-order valence-electron chi connectivity index (χ4n) is 8.58. The molecular formula is C45H49ClFN7O7S. The number of benzene rings is 3. The number of H-pyrrole nitrogens is 1. The van der Waals surface area contributed by atoms with Crippen LogP contribution in [0.3, 0.4) is 0 Å². The predicted octanol–water partition coefficient (Wildman–Crippen LogP) is 8.80. The van der Waals surface area contributed by atoms with Crippen molar-refractivity contribution in [2.75, 3.05) is 56.2 Å². The van der Waals surface area contributed by atoms with Crippen LogP contribution < -0.4 is 19.7 Å². The van der Waals surface area contributed by atoms with Crippen LogP contribution >= 0.6 is 11.6 Å². The molecule has 62 heavy (non-hydrogen) atoms. The van der Waals surface area contributed by atoms with E-state index in [2.05, 4.69) is 51.1 Å².